The highest BCUT2D eigenvalue weighted by molar-refractivity contribution is 4.48. The van der Waals surface area contributed by atoms with E-state index in [1.807, 2.05) is 0 Å². The van der Waals surface area contributed by atoms with Crippen LogP contribution in [0.15, 0.2) is 0 Å². The Labute approximate surface area is 120 Å². The summed E-state index contributed by atoms with van der Waals surface area (Å²) in [5, 5.41) is 9.67. The van der Waals surface area contributed by atoms with E-state index in [1.54, 1.807) is 0 Å². The first-order chi connectivity index (χ1) is 9.31. The minimum atomic E-state index is -0.526. The fraction of sp³-hybridized carbons (Fsp3) is 1.00. The zero-order valence-electron chi connectivity index (χ0n) is 13.3. The second-order valence-electron chi connectivity index (χ2n) is 5.65. The summed E-state index contributed by atoms with van der Waals surface area (Å²) < 4.78 is 5.43. The Hall–Kier alpha value is -0.0800. The maximum absolute atomic E-state index is 9.67. The molecule has 0 aromatic rings. The Morgan fingerprint density at radius 3 is 1.74 bits per heavy atom. The zero-order valence-corrected chi connectivity index (χ0v) is 13.3. The Morgan fingerprint density at radius 2 is 1.16 bits per heavy atom. The van der Waals surface area contributed by atoms with Gasteiger partial charge in [0.05, 0.1) is 0 Å². The molecule has 0 spiro atoms. The van der Waals surface area contributed by atoms with E-state index >= 15 is 0 Å². The Balaban J connectivity index is 3.10. The van der Waals surface area contributed by atoms with Gasteiger partial charge in [-0.25, -0.2) is 0 Å². The van der Waals surface area contributed by atoms with Gasteiger partial charge in [0.1, 0.15) is 0 Å². The number of hydrogen-bond donors (Lipinski definition) is 1. The molecule has 0 amide bonds. The van der Waals surface area contributed by atoms with Crippen molar-refractivity contribution >= 4 is 0 Å². The molecule has 0 aliphatic heterocycles. The molecule has 0 radical (unpaired) electrons. The standard InChI is InChI=1S/C17H36O2/c1-3-5-7-9-11-13-15-17(18)19-16-14-12-10-8-6-4-2/h17-18H,3-16H2,1-2H3. The summed E-state index contributed by atoms with van der Waals surface area (Å²) in [5.41, 5.74) is 0. The van der Waals surface area contributed by atoms with E-state index in [-0.39, 0.29) is 0 Å². The average molecular weight is 272 g/mol. The van der Waals surface area contributed by atoms with Crippen LogP contribution in [0.2, 0.25) is 0 Å². The van der Waals surface area contributed by atoms with Gasteiger partial charge in [-0.3, -0.25) is 0 Å². The van der Waals surface area contributed by atoms with Gasteiger partial charge in [-0.1, -0.05) is 78.1 Å². The van der Waals surface area contributed by atoms with E-state index in [0.29, 0.717) is 0 Å². The van der Waals surface area contributed by atoms with E-state index in [4.69, 9.17) is 4.74 Å². The average Bonchev–Trinajstić information content (AvgIpc) is 2.41. The van der Waals surface area contributed by atoms with E-state index in [9.17, 15) is 5.11 Å². The minimum Gasteiger partial charge on any atom is -0.368 e. The van der Waals surface area contributed by atoms with Crippen molar-refractivity contribution in [2.75, 3.05) is 6.61 Å². The van der Waals surface area contributed by atoms with E-state index in [0.717, 1.165) is 25.9 Å². The molecule has 2 nitrogen and oxygen atoms in total. The van der Waals surface area contributed by atoms with E-state index in [2.05, 4.69) is 13.8 Å². The fourth-order valence-corrected chi connectivity index (χ4v) is 2.28. The Morgan fingerprint density at radius 1 is 0.684 bits per heavy atom. The largest absolute Gasteiger partial charge is 0.368 e. The van der Waals surface area contributed by atoms with Crippen LogP contribution in [-0.2, 0) is 4.74 Å². The summed E-state index contributed by atoms with van der Waals surface area (Å²) in [6, 6.07) is 0. The predicted octanol–water partition coefficient (Wildman–Crippen LogP) is 5.43. The highest BCUT2D eigenvalue weighted by Gasteiger charge is 2.03. The van der Waals surface area contributed by atoms with Crippen molar-refractivity contribution in [2.45, 2.75) is 104 Å². The second-order valence-corrected chi connectivity index (χ2v) is 5.65. The highest BCUT2D eigenvalue weighted by atomic mass is 16.6. The first kappa shape index (κ1) is 18.9. The third-order valence-electron chi connectivity index (χ3n) is 3.61. The lowest BCUT2D eigenvalue weighted by atomic mass is 10.1. The third kappa shape index (κ3) is 15.9. The quantitative estimate of drug-likeness (QED) is 0.318. The molecule has 0 aliphatic rings. The summed E-state index contributed by atoms with van der Waals surface area (Å²) >= 11 is 0. The van der Waals surface area contributed by atoms with Crippen LogP contribution in [0.5, 0.6) is 0 Å². The molecule has 2 heteroatoms. The van der Waals surface area contributed by atoms with Gasteiger partial charge in [0, 0.05) is 6.61 Å². The predicted molar refractivity (Wildman–Crippen MR) is 83.3 cm³/mol. The zero-order chi connectivity index (χ0) is 14.2. The number of aliphatic hydroxyl groups excluding tert-OH is 1. The van der Waals surface area contributed by atoms with Crippen LogP contribution in [0.3, 0.4) is 0 Å². The maximum Gasteiger partial charge on any atom is 0.154 e. The van der Waals surface area contributed by atoms with Crippen LogP contribution in [0.1, 0.15) is 97.3 Å². The van der Waals surface area contributed by atoms with Gasteiger partial charge < -0.3 is 9.84 Å². The highest BCUT2D eigenvalue weighted by Crippen LogP contribution is 2.10. The van der Waals surface area contributed by atoms with Gasteiger partial charge in [0.15, 0.2) is 6.29 Å². The molecule has 0 aromatic heterocycles. The van der Waals surface area contributed by atoms with Gasteiger partial charge in [-0.05, 0) is 19.3 Å². The molecule has 0 heterocycles. The fourth-order valence-electron chi connectivity index (χ4n) is 2.28. The summed E-state index contributed by atoms with van der Waals surface area (Å²) in [7, 11) is 0. The van der Waals surface area contributed by atoms with Gasteiger partial charge in [0.25, 0.3) is 0 Å². The number of hydrogen-bond acceptors (Lipinski definition) is 2. The number of aliphatic hydroxyl groups is 1. The van der Waals surface area contributed by atoms with Crippen LogP contribution >= 0.6 is 0 Å². The van der Waals surface area contributed by atoms with Crippen LogP contribution in [0.4, 0.5) is 0 Å². The topological polar surface area (TPSA) is 29.5 Å². The first-order valence-electron chi connectivity index (χ1n) is 8.61. The lowest BCUT2D eigenvalue weighted by Gasteiger charge is -2.11. The Bertz CT molecular complexity index is 159. The summed E-state index contributed by atoms with van der Waals surface area (Å²) in [4.78, 5) is 0. The monoisotopic (exact) mass is 272 g/mol. The van der Waals surface area contributed by atoms with Crippen molar-refractivity contribution in [3.05, 3.63) is 0 Å². The third-order valence-corrected chi connectivity index (χ3v) is 3.61. The summed E-state index contributed by atoms with van der Waals surface area (Å²) in [6.45, 7) is 5.20. The number of rotatable bonds is 15. The van der Waals surface area contributed by atoms with E-state index < -0.39 is 6.29 Å². The second kappa shape index (κ2) is 16.0. The van der Waals surface area contributed by atoms with Crippen molar-refractivity contribution in [1.82, 2.24) is 0 Å². The molecule has 1 unspecified atom stereocenters. The minimum absolute atomic E-state index is 0.526. The number of ether oxygens (including phenoxy) is 1. The van der Waals surface area contributed by atoms with Gasteiger partial charge in [-0.15, -0.1) is 0 Å². The molecule has 0 saturated heterocycles. The van der Waals surface area contributed by atoms with Gasteiger partial charge in [-0.2, -0.15) is 0 Å². The van der Waals surface area contributed by atoms with Crippen LogP contribution in [0.25, 0.3) is 0 Å². The van der Waals surface area contributed by atoms with Crippen molar-refractivity contribution in [2.24, 2.45) is 0 Å². The Kier molecular flexibility index (Phi) is 15.9. The lowest BCUT2D eigenvalue weighted by molar-refractivity contribution is -0.105. The molecule has 0 fully saturated rings. The van der Waals surface area contributed by atoms with Crippen molar-refractivity contribution in [1.29, 1.82) is 0 Å². The maximum atomic E-state index is 9.67. The molecule has 19 heavy (non-hydrogen) atoms. The summed E-state index contributed by atoms with van der Waals surface area (Å²) in [5.74, 6) is 0. The first-order valence-corrected chi connectivity index (χ1v) is 8.61. The molecule has 1 atom stereocenters. The molecule has 116 valence electrons. The molecule has 0 aliphatic carbocycles. The molecule has 1 N–H and O–H groups in total. The van der Waals surface area contributed by atoms with E-state index in [1.165, 1.54) is 64.2 Å². The van der Waals surface area contributed by atoms with Crippen LogP contribution < -0.4 is 0 Å². The summed E-state index contributed by atoms with van der Waals surface area (Å²) in [6.07, 6.45) is 15.5. The number of unbranched alkanes of at least 4 members (excludes halogenated alkanes) is 10. The van der Waals surface area contributed by atoms with Gasteiger partial charge >= 0.3 is 0 Å². The van der Waals surface area contributed by atoms with Gasteiger partial charge in [0.2, 0.25) is 0 Å². The molecular weight excluding hydrogens is 236 g/mol. The van der Waals surface area contributed by atoms with Crippen molar-refractivity contribution in [3.8, 4) is 0 Å². The van der Waals surface area contributed by atoms with Crippen LogP contribution in [0, 0.1) is 0 Å². The SMILES string of the molecule is CCCCCCCCOC(O)CCCCCCCC. The van der Waals surface area contributed by atoms with Crippen molar-refractivity contribution in [3.63, 3.8) is 0 Å². The molecule has 0 bridgehead atoms. The van der Waals surface area contributed by atoms with Crippen LogP contribution in [-0.4, -0.2) is 18.0 Å². The lowest BCUT2D eigenvalue weighted by Crippen LogP contribution is -2.12. The molecule has 0 rings (SSSR count). The molecule has 0 aromatic carbocycles. The van der Waals surface area contributed by atoms with Crippen molar-refractivity contribution < 1.29 is 9.84 Å². The molecular formula is C17H36O2. The smallest absolute Gasteiger partial charge is 0.154 e. The normalized spacial score (nSPS) is 12.8. The molecule has 0 saturated carbocycles.